The van der Waals surface area contributed by atoms with Crippen LogP contribution in [0, 0.1) is 5.41 Å². The molecule has 2 fully saturated rings. The monoisotopic (exact) mass is 326 g/mol. The molecule has 1 aromatic heterocycles. The first-order valence-electron chi connectivity index (χ1n) is 8.51. The van der Waals surface area contributed by atoms with Gasteiger partial charge in [0.1, 0.15) is 0 Å². The van der Waals surface area contributed by atoms with Crippen LogP contribution in [0.25, 0.3) is 5.69 Å². The maximum atomic E-state index is 12.7. The van der Waals surface area contributed by atoms with E-state index in [1.165, 1.54) is 12.6 Å². The molecule has 2 N–H and O–H groups in total. The van der Waals surface area contributed by atoms with Gasteiger partial charge in [-0.25, -0.2) is 4.68 Å². The first-order valence-corrected chi connectivity index (χ1v) is 8.51. The fourth-order valence-corrected chi connectivity index (χ4v) is 3.79. The summed E-state index contributed by atoms with van der Waals surface area (Å²) in [5.41, 5.74) is 1.32. The molecule has 0 saturated carbocycles. The van der Waals surface area contributed by atoms with Gasteiger partial charge in [0.15, 0.2) is 11.4 Å². The topological polar surface area (TPSA) is 70.4 Å². The maximum absolute atomic E-state index is 12.7. The summed E-state index contributed by atoms with van der Waals surface area (Å²) in [6, 6.07) is 9.49. The maximum Gasteiger partial charge on any atom is 0.278 e. The molecule has 1 spiro atoms. The number of nitrogens with one attached hydrogen (secondary N) is 1. The Morgan fingerprint density at radius 1 is 1.17 bits per heavy atom. The predicted molar refractivity (Wildman–Crippen MR) is 90.3 cm³/mol. The van der Waals surface area contributed by atoms with Gasteiger partial charge < -0.3 is 15.3 Å². The van der Waals surface area contributed by atoms with E-state index in [4.69, 9.17) is 0 Å². The summed E-state index contributed by atoms with van der Waals surface area (Å²) in [7, 11) is 0. The third kappa shape index (κ3) is 2.67. The minimum Gasteiger partial charge on any atom is -0.504 e. The highest BCUT2D eigenvalue weighted by atomic mass is 16.3. The summed E-state index contributed by atoms with van der Waals surface area (Å²) < 4.78 is 1.55. The molecule has 1 aromatic carbocycles. The largest absolute Gasteiger partial charge is 0.504 e. The number of carbonyl (C=O) groups excluding carboxylic acids is 1. The lowest BCUT2D eigenvalue weighted by Gasteiger charge is -2.38. The van der Waals surface area contributed by atoms with Crippen molar-refractivity contribution < 1.29 is 9.90 Å². The number of benzene rings is 1. The van der Waals surface area contributed by atoms with Gasteiger partial charge in [-0.1, -0.05) is 18.2 Å². The minimum absolute atomic E-state index is 0.0633. The average molecular weight is 326 g/mol. The normalized spacial score (nSPS) is 19.8. The molecule has 24 heavy (non-hydrogen) atoms. The van der Waals surface area contributed by atoms with E-state index < -0.39 is 0 Å². The molecule has 2 saturated heterocycles. The SMILES string of the molecule is O=C(c1nn(-c2ccccc2)cc1O)N1CCC2(CCNC2)CC1. The summed E-state index contributed by atoms with van der Waals surface area (Å²) in [5.74, 6) is -0.241. The summed E-state index contributed by atoms with van der Waals surface area (Å²) >= 11 is 0. The number of piperidine rings is 1. The van der Waals surface area contributed by atoms with Gasteiger partial charge in [0.2, 0.25) is 0 Å². The van der Waals surface area contributed by atoms with Crippen molar-refractivity contribution in [1.29, 1.82) is 0 Å². The lowest BCUT2D eigenvalue weighted by molar-refractivity contribution is 0.0599. The highest BCUT2D eigenvalue weighted by Crippen LogP contribution is 2.37. The Morgan fingerprint density at radius 3 is 2.58 bits per heavy atom. The number of likely N-dealkylation sites (tertiary alicyclic amines) is 1. The van der Waals surface area contributed by atoms with E-state index in [1.54, 1.807) is 4.68 Å². The second kappa shape index (κ2) is 5.94. The molecule has 3 heterocycles. The number of hydrogen-bond acceptors (Lipinski definition) is 4. The van der Waals surface area contributed by atoms with E-state index >= 15 is 0 Å². The van der Waals surface area contributed by atoms with E-state index in [9.17, 15) is 9.90 Å². The van der Waals surface area contributed by atoms with Crippen LogP contribution in [0.5, 0.6) is 5.75 Å². The highest BCUT2D eigenvalue weighted by Gasteiger charge is 2.38. The van der Waals surface area contributed by atoms with Crippen LogP contribution >= 0.6 is 0 Å². The van der Waals surface area contributed by atoms with Crippen molar-refractivity contribution in [2.24, 2.45) is 5.41 Å². The molecule has 2 aliphatic heterocycles. The standard InChI is InChI=1S/C18H22N4O2/c23-15-12-22(14-4-2-1-3-5-14)20-16(15)17(24)21-10-7-18(8-11-21)6-9-19-13-18/h1-5,12,19,23H,6-11,13H2. The number of rotatable bonds is 2. The van der Waals surface area contributed by atoms with Crippen molar-refractivity contribution in [3.63, 3.8) is 0 Å². The molecule has 0 radical (unpaired) electrons. The Hall–Kier alpha value is -2.34. The zero-order valence-electron chi connectivity index (χ0n) is 13.6. The van der Waals surface area contributed by atoms with Gasteiger partial charge in [-0.05, 0) is 43.4 Å². The Labute approximate surface area is 141 Å². The molecule has 126 valence electrons. The van der Waals surface area contributed by atoms with Crippen LogP contribution in [0.1, 0.15) is 29.8 Å². The highest BCUT2D eigenvalue weighted by molar-refractivity contribution is 5.94. The van der Waals surface area contributed by atoms with E-state index in [0.29, 0.717) is 5.41 Å². The quantitative estimate of drug-likeness (QED) is 0.883. The molecule has 6 heteroatoms. The van der Waals surface area contributed by atoms with Crippen LogP contribution in [-0.4, -0.2) is 51.9 Å². The Balaban J connectivity index is 1.50. The number of hydrogen-bond donors (Lipinski definition) is 2. The zero-order valence-corrected chi connectivity index (χ0v) is 13.6. The third-order valence-electron chi connectivity index (χ3n) is 5.36. The molecule has 0 bridgehead atoms. The van der Waals surface area contributed by atoms with Crippen LogP contribution in [0.15, 0.2) is 36.5 Å². The van der Waals surface area contributed by atoms with Gasteiger partial charge in [-0.15, -0.1) is 0 Å². The molecule has 2 aromatic rings. The van der Waals surface area contributed by atoms with E-state index in [2.05, 4.69) is 10.4 Å². The van der Waals surface area contributed by atoms with Gasteiger partial charge in [-0.3, -0.25) is 4.79 Å². The number of aromatic hydroxyl groups is 1. The second-order valence-electron chi connectivity index (χ2n) is 6.86. The Morgan fingerprint density at radius 2 is 1.92 bits per heavy atom. The summed E-state index contributed by atoms with van der Waals surface area (Å²) in [4.78, 5) is 14.6. The van der Waals surface area contributed by atoms with Crippen LogP contribution in [-0.2, 0) is 0 Å². The molecule has 0 aliphatic carbocycles. The number of amides is 1. The minimum atomic E-state index is -0.178. The fraction of sp³-hybridized carbons (Fsp3) is 0.444. The van der Waals surface area contributed by atoms with Crippen molar-refractivity contribution >= 4 is 5.91 Å². The Kier molecular flexibility index (Phi) is 3.76. The van der Waals surface area contributed by atoms with Crippen molar-refractivity contribution in [3.8, 4) is 11.4 Å². The first-order chi connectivity index (χ1) is 11.7. The van der Waals surface area contributed by atoms with Gasteiger partial charge in [-0.2, -0.15) is 5.10 Å². The lowest BCUT2D eigenvalue weighted by Crippen LogP contribution is -2.44. The van der Waals surface area contributed by atoms with Gasteiger partial charge in [0.05, 0.1) is 11.9 Å². The summed E-state index contributed by atoms with van der Waals surface area (Å²) in [5, 5.41) is 17.9. The van der Waals surface area contributed by atoms with Crippen LogP contribution in [0.2, 0.25) is 0 Å². The van der Waals surface area contributed by atoms with Gasteiger partial charge >= 0.3 is 0 Å². The van der Waals surface area contributed by atoms with E-state index in [-0.39, 0.29) is 17.4 Å². The first kappa shape index (κ1) is 15.2. The van der Waals surface area contributed by atoms with E-state index in [0.717, 1.165) is 44.7 Å². The lowest BCUT2D eigenvalue weighted by atomic mass is 9.78. The fourth-order valence-electron chi connectivity index (χ4n) is 3.79. The summed E-state index contributed by atoms with van der Waals surface area (Å²) in [6.45, 7) is 3.61. The second-order valence-corrected chi connectivity index (χ2v) is 6.86. The number of carbonyl (C=O) groups is 1. The molecule has 0 atom stereocenters. The van der Waals surface area contributed by atoms with E-state index in [1.807, 2.05) is 35.2 Å². The average Bonchev–Trinajstić information content (AvgIpc) is 3.23. The molecule has 0 unspecified atom stereocenters. The number of para-hydroxylation sites is 1. The zero-order chi connectivity index (χ0) is 16.6. The predicted octanol–water partition coefficient (Wildman–Crippen LogP) is 1.79. The van der Waals surface area contributed by atoms with Crippen LogP contribution in [0.3, 0.4) is 0 Å². The molecular weight excluding hydrogens is 304 g/mol. The molecule has 6 nitrogen and oxygen atoms in total. The molecule has 4 rings (SSSR count). The van der Waals surface area contributed by atoms with Crippen molar-refractivity contribution in [3.05, 3.63) is 42.2 Å². The van der Waals surface area contributed by atoms with Crippen molar-refractivity contribution in [2.75, 3.05) is 26.2 Å². The number of nitrogens with zero attached hydrogens (tertiary/aromatic N) is 3. The van der Waals surface area contributed by atoms with Crippen LogP contribution in [0.4, 0.5) is 0 Å². The summed E-state index contributed by atoms with van der Waals surface area (Å²) in [6.07, 6.45) is 4.73. The number of aromatic nitrogens is 2. The van der Waals surface area contributed by atoms with Gasteiger partial charge in [0, 0.05) is 19.6 Å². The van der Waals surface area contributed by atoms with Crippen LogP contribution < -0.4 is 5.32 Å². The molecule has 2 aliphatic rings. The van der Waals surface area contributed by atoms with Gasteiger partial charge in [0.25, 0.3) is 5.91 Å². The van der Waals surface area contributed by atoms with Crippen molar-refractivity contribution in [2.45, 2.75) is 19.3 Å². The Bertz CT molecular complexity index is 725. The third-order valence-corrected chi connectivity index (χ3v) is 5.36. The molecular formula is C18H22N4O2. The molecule has 1 amide bonds. The smallest absolute Gasteiger partial charge is 0.278 e. The van der Waals surface area contributed by atoms with Crippen molar-refractivity contribution in [1.82, 2.24) is 20.0 Å².